The van der Waals surface area contributed by atoms with Crippen LogP contribution >= 0.6 is 8.53 Å². The Morgan fingerprint density at radius 1 is 1.00 bits per heavy atom. The van der Waals surface area contributed by atoms with E-state index in [1.54, 1.807) is 0 Å². The highest BCUT2D eigenvalue weighted by Gasteiger charge is 2.27. The molecule has 0 aromatic rings. The van der Waals surface area contributed by atoms with E-state index < -0.39 is 8.53 Å². The summed E-state index contributed by atoms with van der Waals surface area (Å²) in [5, 5.41) is 3.17. The van der Waals surface area contributed by atoms with Crippen molar-refractivity contribution in [2.24, 2.45) is 0 Å². The summed E-state index contributed by atoms with van der Waals surface area (Å²) in [6.45, 7) is 18.2. The van der Waals surface area contributed by atoms with Crippen molar-refractivity contribution in [3.8, 4) is 0 Å². The third-order valence-electron chi connectivity index (χ3n) is 3.17. The normalized spacial score (nSPS) is 13.0. The standard InChI is InChI=1S/C16H34N3O2P/c1-15(2)19(16(3)4)22(21-14-12-18-6)20-13-10-8-7-9-11-17-5/h15-17H,7-14H2,1-5H3. The first-order valence-corrected chi connectivity index (χ1v) is 9.49. The Morgan fingerprint density at radius 2 is 1.59 bits per heavy atom. The molecule has 1 unspecified atom stereocenters. The molecule has 0 aliphatic rings. The summed E-state index contributed by atoms with van der Waals surface area (Å²) in [6.07, 6.45) is 4.71. The van der Waals surface area contributed by atoms with Crippen molar-refractivity contribution in [1.82, 2.24) is 9.99 Å². The molecule has 0 saturated carbocycles. The molecule has 5 nitrogen and oxygen atoms in total. The molecule has 1 atom stereocenters. The van der Waals surface area contributed by atoms with Gasteiger partial charge in [-0.05, 0) is 54.1 Å². The maximum atomic E-state index is 6.86. The van der Waals surface area contributed by atoms with E-state index in [0.29, 0.717) is 25.2 Å². The van der Waals surface area contributed by atoms with Crippen molar-refractivity contribution in [2.75, 3.05) is 33.4 Å². The van der Waals surface area contributed by atoms with Gasteiger partial charge in [0.15, 0.2) is 0 Å². The summed E-state index contributed by atoms with van der Waals surface area (Å²) in [5.74, 6) is 0. The van der Waals surface area contributed by atoms with Gasteiger partial charge in [0.1, 0.15) is 6.61 Å². The van der Waals surface area contributed by atoms with Gasteiger partial charge in [0.25, 0.3) is 8.53 Å². The van der Waals surface area contributed by atoms with Crippen LogP contribution in [0.4, 0.5) is 0 Å². The van der Waals surface area contributed by atoms with E-state index in [1.807, 2.05) is 7.05 Å². The van der Waals surface area contributed by atoms with E-state index in [9.17, 15) is 0 Å². The molecule has 0 radical (unpaired) electrons. The zero-order valence-corrected chi connectivity index (χ0v) is 15.9. The lowest BCUT2D eigenvalue weighted by Crippen LogP contribution is -2.33. The van der Waals surface area contributed by atoms with Gasteiger partial charge in [-0.15, -0.1) is 0 Å². The van der Waals surface area contributed by atoms with Crippen LogP contribution in [-0.4, -0.2) is 50.1 Å². The summed E-state index contributed by atoms with van der Waals surface area (Å²) < 4.78 is 14.2. The molecule has 1 N–H and O–H groups in total. The van der Waals surface area contributed by atoms with Gasteiger partial charge in [-0.1, -0.05) is 12.8 Å². The number of hydrogen-bond acceptors (Lipinski definition) is 4. The second-order valence-corrected chi connectivity index (χ2v) is 7.33. The van der Waals surface area contributed by atoms with Crippen LogP contribution in [0.1, 0.15) is 53.4 Å². The molecule has 0 aromatic carbocycles. The van der Waals surface area contributed by atoms with Crippen LogP contribution in [0, 0.1) is 6.57 Å². The molecule has 0 saturated heterocycles. The predicted molar refractivity (Wildman–Crippen MR) is 94.8 cm³/mol. The van der Waals surface area contributed by atoms with Gasteiger partial charge in [0.2, 0.25) is 6.54 Å². The van der Waals surface area contributed by atoms with Crippen molar-refractivity contribution < 1.29 is 9.05 Å². The molecule has 0 amide bonds. The van der Waals surface area contributed by atoms with Crippen molar-refractivity contribution in [2.45, 2.75) is 65.5 Å². The number of rotatable bonds is 14. The first-order chi connectivity index (χ1) is 10.5. The predicted octanol–water partition coefficient (Wildman–Crippen LogP) is 4.06. The molecule has 0 bridgehead atoms. The molecule has 0 aliphatic carbocycles. The molecule has 6 heteroatoms. The lowest BCUT2D eigenvalue weighted by atomic mass is 10.2. The SMILES string of the molecule is [C-]#[N+]CCOP(OCCCCCCNC)N(C(C)C)C(C)C. The number of nitrogens with one attached hydrogen (secondary N) is 1. The van der Waals surface area contributed by atoms with Crippen molar-refractivity contribution in [3.05, 3.63) is 11.4 Å². The second-order valence-electron chi connectivity index (χ2n) is 5.87. The zero-order chi connectivity index (χ0) is 16.8. The minimum atomic E-state index is -1.06. The highest BCUT2D eigenvalue weighted by atomic mass is 31.2. The van der Waals surface area contributed by atoms with Crippen molar-refractivity contribution in [3.63, 3.8) is 0 Å². The maximum Gasteiger partial charge on any atom is 0.259 e. The number of hydrogen-bond donors (Lipinski definition) is 1. The van der Waals surface area contributed by atoms with Gasteiger partial charge in [-0.2, -0.15) is 0 Å². The minimum absolute atomic E-state index is 0.370. The summed E-state index contributed by atoms with van der Waals surface area (Å²) in [5.41, 5.74) is 0. The van der Waals surface area contributed by atoms with Crippen LogP contribution < -0.4 is 5.32 Å². The molecule has 0 spiro atoms. The monoisotopic (exact) mass is 331 g/mol. The fourth-order valence-corrected chi connectivity index (χ4v) is 3.83. The molecule has 22 heavy (non-hydrogen) atoms. The Labute approximate surface area is 138 Å². The molecule has 130 valence electrons. The van der Waals surface area contributed by atoms with Crippen LogP contribution in [0.5, 0.6) is 0 Å². The van der Waals surface area contributed by atoms with Gasteiger partial charge in [0, 0.05) is 12.1 Å². The lowest BCUT2D eigenvalue weighted by Gasteiger charge is -2.35. The third-order valence-corrected chi connectivity index (χ3v) is 5.28. The third kappa shape index (κ3) is 10.5. The van der Waals surface area contributed by atoms with Gasteiger partial charge in [0.05, 0.1) is 6.61 Å². The van der Waals surface area contributed by atoms with Gasteiger partial charge in [-0.3, -0.25) is 0 Å². The van der Waals surface area contributed by atoms with Gasteiger partial charge >= 0.3 is 0 Å². The molecule has 0 rings (SSSR count). The summed E-state index contributed by atoms with van der Waals surface area (Å²) in [6, 6.07) is 0.740. The maximum absolute atomic E-state index is 6.86. The van der Waals surface area contributed by atoms with Crippen LogP contribution in [0.15, 0.2) is 0 Å². The summed E-state index contributed by atoms with van der Waals surface area (Å²) >= 11 is 0. The second kappa shape index (κ2) is 14.4. The summed E-state index contributed by atoms with van der Waals surface area (Å²) in [4.78, 5) is 3.35. The Hall–Kier alpha value is -0.240. The minimum Gasteiger partial charge on any atom is -0.322 e. The Bertz CT molecular complexity index is 288. The lowest BCUT2D eigenvalue weighted by molar-refractivity contribution is 0.176. The molecule has 0 aromatic heterocycles. The molecule has 0 aliphatic heterocycles. The topological polar surface area (TPSA) is 38.1 Å². The fraction of sp³-hybridized carbons (Fsp3) is 0.938. The Kier molecular flexibility index (Phi) is 14.2. The van der Waals surface area contributed by atoms with Crippen LogP contribution in [0.2, 0.25) is 0 Å². The Balaban J connectivity index is 4.20. The zero-order valence-electron chi connectivity index (χ0n) is 15.0. The van der Waals surface area contributed by atoms with E-state index in [1.165, 1.54) is 19.3 Å². The van der Waals surface area contributed by atoms with Crippen molar-refractivity contribution >= 4 is 8.53 Å². The van der Waals surface area contributed by atoms with Gasteiger partial charge < -0.3 is 19.2 Å². The average molecular weight is 331 g/mol. The number of unbranched alkanes of at least 4 members (excludes halogenated alkanes) is 3. The quantitative estimate of drug-likeness (QED) is 0.296. The fourth-order valence-electron chi connectivity index (χ4n) is 2.21. The summed E-state index contributed by atoms with van der Waals surface area (Å²) in [7, 11) is 0.925. The van der Waals surface area contributed by atoms with Crippen LogP contribution in [0.3, 0.4) is 0 Å². The van der Waals surface area contributed by atoms with Crippen LogP contribution in [0.25, 0.3) is 4.85 Å². The average Bonchev–Trinajstić information content (AvgIpc) is 2.45. The van der Waals surface area contributed by atoms with Crippen molar-refractivity contribution in [1.29, 1.82) is 0 Å². The van der Waals surface area contributed by atoms with E-state index in [-0.39, 0.29) is 0 Å². The first kappa shape index (κ1) is 21.8. The highest BCUT2D eigenvalue weighted by Crippen LogP contribution is 2.45. The smallest absolute Gasteiger partial charge is 0.259 e. The Morgan fingerprint density at radius 3 is 2.14 bits per heavy atom. The first-order valence-electron chi connectivity index (χ1n) is 8.36. The van der Waals surface area contributed by atoms with E-state index >= 15 is 0 Å². The van der Waals surface area contributed by atoms with Gasteiger partial charge in [-0.25, -0.2) is 11.2 Å². The molecular weight excluding hydrogens is 297 g/mol. The van der Waals surface area contributed by atoms with E-state index in [4.69, 9.17) is 15.6 Å². The molecule has 0 heterocycles. The number of nitrogens with zero attached hydrogens (tertiary/aromatic N) is 2. The largest absolute Gasteiger partial charge is 0.322 e. The highest BCUT2D eigenvalue weighted by molar-refractivity contribution is 7.44. The van der Waals surface area contributed by atoms with E-state index in [2.05, 4.69) is 42.5 Å². The van der Waals surface area contributed by atoms with E-state index in [0.717, 1.165) is 19.6 Å². The molecular formula is C16H34N3O2P. The molecule has 0 fully saturated rings. The van der Waals surface area contributed by atoms with Crippen LogP contribution in [-0.2, 0) is 9.05 Å².